The quantitative estimate of drug-likeness (QED) is 0.766. The van der Waals surface area contributed by atoms with E-state index < -0.39 is 0 Å². The highest BCUT2D eigenvalue weighted by molar-refractivity contribution is 6.00. The van der Waals surface area contributed by atoms with Crippen molar-refractivity contribution in [2.24, 2.45) is 0 Å². The topological polar surface area (TPSA) is 26.3 Å². The Labute approximate surface area is 123 Å². The van der Waals surface area contributed by atoms with Gasteiger partial charge in [0, 0.05) is 16.5 Å². The highest BCUT2D eigenvalue weighted by Gasteiger charge is 2.32. The van der Waals surface area contributed by atoms with E-state index in [1.165, 1.54) is 19.1 Å². The van der Waals surface area contributed by atoms with Crippen molar-refractivity contribution in [3.63, 3.8) is 0 Å². The number of halogens is 1. The lowest BCUT2D eigenvalue weighted by atomic mass is 9.85. The van der Waals surface area contributed by atoms with Gasteiger partial charge in [0.25, 0.3) is 0 Å². The highest BCUT2D eigenvalue weighted by Crippen LogP contribution is 2.41. The smallest absolute Gasteiger partial charge is 0.160 e. The third-order valence-corrected chi connectivity index (χ3v) is 3.97. The average Bonchev–Trinajstić information content (AvgIpc) is 2.74. The predicted octanol–water partition coefficient (Wildman–Crippen LogP) is 4.37. The third kappa shape index (κ3) is 2.33. The van der Waals surface area contributed by atoms with Crippen molar-refractivity contribution in [2.45, 2.75) is 26.2 Å². The third-order valence-electron chi connectivity index (χ3n) is 3.97. The Morgan fingerprint density at radius 1 is 1.19 bits per heavy atom. The maximum absolute atomic E-state index is 13.6. The molecule has 0 unspecified atom stereocenters. The molecule has 1 heterocycles. The first-order chi connectivity index (χ1) is 9.88. The molecule has 0 fully saturated rings. The molecule has 0 radical (unpaired) electrons. The van der Waals surface area contributed by atoms with Crippen LogP contribution < -0.4 is 4.74 Å². The van der Waals surface area contributed by atoms with Crippen LogP contribution in [0.1, 0.15) is 36.7 Å². The zero-order valence-corrected chi connectivity index (χ0v) is 12.4. The lowest BCUT2D eigenvalue weighted by molar-refractivity contribution is 0.101. The number of fused-ring (bicyclic) bond motifs is 1. The molecule has 0 aliphatic carbocycles. The molecule has 0 atom stereocenters. The Kier molecular flexibility index (Phi) is 3.08. The van der Waals surface area contributed by atoms with Gasteiger partial charge in [-0.25, -0.2) is 4.39 Å². The summed E-state index contributed by atoms with van der Waals surface area (Å²) in [5.41, 5.74) is 3.03. The Bertz CT molecular complexity index is 732. The Hall–Kier alpha value is -2.16. The van der Waals surface area contributed by atoms with Gasteiger partial charge in [0.1, 0.15) is 11.6 Å². The van der Waals surface area contributed by atoms with Crippen molar-refractivity contribution in [1.29, 1.82) is 0 Å². The molecule has 0 saturated carbocycles. The summed E-state index contributed by atoms with van der Waals surface area (Å²) in [7, 11) is 0. The van der Waals surface area contributed by atoms with E-state index >= 15 is 0 Å². The van der Waals surface area contributed by atoms with Crippen LogP contribution in [-0.2, 0) is 5.41 Å². The number of benzene rings is 2. The number of Topliss-reactive ketones (excluding diaryl/α,β-unsaturated/α-hetero) is 1. The number of ketones is 1. The van der Waals surface area contributed by atoms with Crippen LogP contribution in [0.15, 0.2) is 36.4 Å². The Morgan fingerprint density at radius 3 is 2.67 bits per heavy atom. The summed E-state index contributed by atoms with van der Waals surface area (Å²) in [6.45, 7) is 6.35. The summed E-state index contributed by atoms with van der Waals surface area (Å²) in [6, 6.07) is 10.1. The SMILES string of the molecule is CC(=O)c1ccc(F)cc1-c1ccc2c(c1)C(C)(C)CO2. The summed E-state index contributed by atoms with van der Waals surface area (Å²) in [6.07, 6.45) is 0. The molecule has 0 N–H and O–H groups in total. The van der Waals surface area contributed by atoms with Crippen molar-refractivity contribution in [2.75, 3.05) is 6.61 Å². The number of hydrogen-bond donors (Lipinski definition) is 0. The number of carbonyl (C=O) groups excluding carboxylic acids is 1. The van der Waals surface area contributed by atoms with Gasteiger partial charge in [-0.2, -0.15) is 0 Å². The highest BCUT2D eigenvalue weighted by atomic mass is 19.1. The molecule has 108 valence electrons. The van der Waals surface area contributed by atoms with Crippen LogP contribution >= 0.6 is 0 Å². The van der Waals surface area contributed by atoms with E-state index in [4.69, 9.17) is 4.74 Å². The van der Waals surface area contributed by atoms with E-state index in [0.29, 0.717) is 17.7 Å². The summed E-state index contributed by atoms with van der Waals surface area (Å²) in [5, 5.41) is 0. The van der Waals surface area contributed by atoms with E-state index in [1.807, 2.05) is 18.2 Å². The fourth-order valence-electron chi connectivity index (χ4n) is 2.75. The van der Waals surface area contributed by atoms with Gasteiger partial charge in [-0.15, -0.1) is 0 Å². The fraction of sp³-hybridized carbons (Fsp3) is 0.278. The van der Waals surface area contributed by atoms with Gasteiger partial charge < -0.3 is 4.74 Å². The van der Waals surface area contributed by atoms with E-state index in [-0.39, 0.29) is 17.0 Å². The normalized spacial score (nSPS) is 15.4. The van der Waals surface area contributed by atoms with Crippen LogP contribution in [0.5, 0.6) is 5.75 Å². The molecule has 21 heavy (non-hydrogen) atoms. The van der Waals surface area contributed by atoms with E-state index in [1.54, 1.807) is 6.07 Å². The Morgan fingerprint density at radius 2 is 1.95 bits per heavy atom. The molecular formula is C18H17FO2. The average molecular weight is 284 g/mol. The molecule has 0 aromatic heterocycles. The molecule has 0 bridgehead atoms. The molecule has 0 amide bonds. The first kappa shape index (κ1) is 13.8. The van der Waals surface area contributed by atoms with Crippen molar-refractivity contribution >= 4 is 5.78 Å². The van der Waals surface area contributed by atoms with E-state index in [0.717, 1.165) is 16.9 Å². The van der Waals surface area contributed by atoms with Gasteiger partial charge in [0.2, 0.25) is 0 Å². The molecule has 1 aliphatic rings. The van der Waals surface area contributed by atoms with Gasteiger partial charge >= 0.3 is 0 Å². The molecule has 2 nitrogen and oxygen atoms in total. The summed E-state index contributed by atoms with van der Waals surface area (Å²) in [5.74, 6) is 0.455. The minimum atomic E-state index is -0.342. The zero-order valence-electron chi connectivity index (χ0n) is 12.4. The van der Waals surface area contributed by atoms with E-state index in [2.05, 4.69) is 13.8 Å². The predicted molar refractivity (Wildman–Crippen MR) is 80.4 cm³/mol. The molecule has 3 rings (SSSR count). The first-order valence-electron chi connectivity index (χ1n) is 6.97. The number of carbonyl (C=O) groups is 1. The van der Waals surface area contributed by atoms with Crippen LogP contribution in [0.4, 0.5) is 4.39 Å². The van der Waals surface area contributed by atoms with Crippen molar-refractivity contribution in [3.05, 3.63) is 53.3 Å². The van der Waals surface area contributed by atoms with Crippen LogP contribution in [0.2, 0.25) is 0 Å². The maximum Gasteiger partial charge on any atom is 0.160 e. The lowest BCUT2D eigenvalue weighted by Gasteiger charge is -2.16. The summed E-state index contributed by atoms with van der Waals surface area (Å²) >= 11 is 0. The number of hydrogen-bond acceptors (Lipinski definition) is 2. The van der Waals surface area contributed by atoms with Gasteiger partial charge in [-0.05, 0) is 48.4 Å². The van der Waals surface area contributed by atoms with Gasteiger partial charge in [0.15, 0.2) is 5.78 Å². The number of rotatable bonds is 2. The molecule has 2 aromatic carbocycles. The van der Waals surface area contributed by atoms with Gasteiger partial charge in [-0.1, -0.05) is 19.9 Å². The second kappa shape index (κ2) is 4.69. The van der Waals surface area contributed by atoms with Crippen LogP contribution in [0.3, 0.4) is 0 Å². The standard InChI is InChI=1S/C18H17FO2/c1-11(20)14-6-5-13(19)9-15(14)12-4-7-17-16(8-12)18(2,3)10-21-17/h4-9H,10H2,1-3H3. The Balaban J connectivity index is 2.19. The molecule has 3 heteroatoms. The lowest BCUT2D eigenvalue weighted by Crippen LogP contribution is -2.18. The van der Waals surface area contributed by atoms with Crippen LogP contribution in [-0.4, -0.2) is 12.4 Å². The van der Waals surface area contributed by atoms with Gasteiger partial charge in [-0.3, -0.25) is 4.79 Å². The maximum atomic E-state index is 13.6. The molecular weight excluding hydrogens is 267 g/mol. The zero-order chi connectivity index (χ0) is 15.2. The van der Waals surface area contributed by atoms with Crippen molar-refractivity contribution < 1.29 is 13.9 Å². The largest absolute Gasteiger partial charge is 0.492 e. The monoisotopic (exact) mass is 284 g/mol. The second-order valence-corrected chi connectivity index (χ2v) is 6.13. The molecule has 2 aromatic rings. The fourth-order valence-corrected chi connectivity index (χ4v) is 2.75. The second-order valence-electron chi connectivity index (χ2n) is 6.13. The summed E-state index contributed by atoms with van der Waals surface area (Å²) < 4.78 is 19.3. The van der Waals surface area contributed by atoms with Crippen molar-refractivity contribution in [3.8, 4) is 16.9 Å². The molecule has 0 spiro atoms. The molecule has 1 aliphatic heterocycles. The van der Waals surface area contributed by atoms with E-state index in [9.17, 15) is 9.18 Å². The van der Waals surface area contributed by atoms with Crippen molar-refractivity contribution in [1.82, 2.24) is 0 Å². The van der Waals surface area contributed by atoms with Crippen LogP contribution in [0.25, 0.3) is 11.1 Å². The molecule has 0 saturated heterocycles. The number of ether oxygens (including phenoxy) is 1. The minimum absolute atomic E-state index is 0.0685. The minimum Gasteiger partial charge on any atom is -0.492 e. The first-order valence-corrected chi connectivity index (χ1v) is 6.97. The van der Waals surface area contributed by atoms with Gasteiger partial charge in [0.05, 0.1) is 6.61 Å². The summed E-state index contributed by atoms with van der Waals surface area (Å²) in [4.78, 5) is 11.8. The van der Waals surface area contributed by atoms with Crippen LogP contribution in [0, 0.1) is 5.82 Å².